The van der Waals surface area contributed by atoms with Crippen molar-refractivity contribution in [1.82, 2.24) is 19.5 Å². The van der Waals surface area contributed by atoms with Gasteiger partial charge in [-0.25, -0.2) is 9.97 Å². The Kier molecular flexibility index (Phi) is 2.53. The fraction of sp³-hybridized carbons (Fsp3) is 0.500. The molecule has 0 radical (unpaired) electrons. The van der Waals surface area contributed by atoms with Crippen LogP contribution in [-0.2, 0) is 6.54 Å². The first kappa shape index (κ1) is 9.89. The molecular weight excluding hydrogens is 190 g/mol. The minimum Gasteiger partial charge on any atom is -0.357 e. The molecule has 0 saturated carbocycles. The van der Waals surface area contributed by atoms with Crippen LogP contribution in [0.25, 0.3) is 11.2 Å². The molecule has 0 atom stereocenters. The minimum absolute atomic E-state index is 0.639. The zero-order chi connectivity index (χ0) is 10.8. The SMILES string of the molecule is CCCn1c(C)nc2cnc(NC)nc21. The third-order valence-corrected chi connectivity index (χ3v) is 2.35. The number of aromatic nitrogens is 4. The van der Waals surface area contributed by atoms with Gasteiger partial charge in [0.15, 0.2) is 5.65 Å². The van der Waals surface area contributed by atoms with Gasteiger partial charge in [-0.1, -0.05) is 6.92 Å². The Bertz CT molecular complexity index is 474. The van der Waals surface area contributed by atoms with Gasteiger partial charge in [0.2, 0.25) is 5.95 Å². The highest BCUT2D eigenvalue weighted by atomic mass is 15.2. The highest BCUT2D eigenvalue weighted by Gasteiger charge is 2.08. The first-order chi connectivity index (χ1) is 7.26. The summed E-state index contributed by atoms with van der Waals surface area (Å²) in [5.74, 6) is 1.63. The summed E-state index contributed by atoms with van der Waals surface area (Å²) in [7, 11) is 1.81. The molecule has 1 N–H and O–H groups in total. The highest BCUT2D eigenvalue weighted by molar-refractivity contribution is 5.71. The van der Waals surface area contributed by atoms with E-state index in [0.29, 0.717) is 5.95 Å². The lowest BCUT2D eigenvalue weighted by molar-refractivity contribution is 0.670. The second-order valence-corrected chi connectivity index (χ2v) is 3.46. The van der Waals surface area contributed by atoms with Crippen molar-refractivity contribution in [2.45, 2.75) is 26.8 Å². The molecule has 0 unspecified atom stereocenters. The van der Waals surface area contributed by atoms with Crippen molar-refractivity contribution >= 4 is 17.1 Å². The number of fused-ring (bicyclic) bond motifs is 1. The van der Waals surface area contributed by atoms with Crippen LogP contribution in [0, 0.1) is 6.92 Å². The molecule has 5 heteroatoms. The molecular formula is C10H15N5. The molecule has 0 aliphatic rings. The van der Waals surface area contributed by atoms with E-state index in [1.54, 1.807) is 6.20 Å². The summed E-state index contributed by atoms with van der Waals surface area (Å²) in [6.45, 7) is 5.09. The van der Waals surface area contributed by atoms with E-state index in [2.05, 4.69) is 31.8 Å². The molecule has 0 fully saturated rings. The molecule has 0 bridgehead atoms. The normalized spacial score (nSPS) is 10.9. The standard InChI is InChI=1S/C10H15N5/c1-4-5-15-7(2)13-8-6-12-10(11-3)14-9(8)15/h6H,4-5H2,1-3H3,(H,11,12,14). The molecule has 0 aromatic carbocycles. The van der Waals surface area contributed by atoms with Crippen molar-refractivity contribution in [3.63, 3.8) is 0 Å². The molecule has 0 amide bonds. The van der Waals surface area contributed by atoms with Gasteiger partial charge in [-0.2, -0.15) is 4.98 Å². The van der Waals surface area contributed by atoms with Crippen LogP contribution >= 0.6 is 0 Å². The van der Waals surface area contributed by atoms with Crippen molar-refractivity contribution in [3.8, 4) is 0 Å². The smallest absolute Gasteiger partial charge is 0.224 e. The Hall–Kier alpha value is -1.65. The van der Waals surface area contributed by atoms with Crippen molar-refractivity contribution in [2.75, 3.05) is 12.4 Å². The van der Waals surface area contributed by atoms with Crippen LogP contribution in [0.1, 0.15) is 19.2 Å². The molecule has 2 aromatic heterocycles. The molecule has 0 saturated heterocycles. The third-order valence-electron chi connectivity index (χ3n) is 2.35. The molecule has 0 aliphatic heterocycles. The van der Waals surface area contributed by atoms with Gasteiger partial charge in [0.05, 0.1) is 6.20 Å². The Morgan fingerprint density at radius 1 is 1.40 bits per heavy atom. The Morgan fingerprint density at radius 2 is 2.20 bits per heavy atom. The van der Waals surface area contributed by atoms with Crippen LogP contribution in [0.4, 0.5) is 5.95 Å². The third kappa shape index (κ3) is 1.65. The van der Waals surface area contributed by atoms with Crippen LogP contribution in [0.15, 0.2) is 6.20 Å². The van der Waals surface area contributed by atoms with Crippen molar-refractivity contribution in [1.29, 1.82) is 0 Å². The van der Waals surface area contributed by atoms with Gasteiger partial charge in [0.1, 0.15) is 11.3 Å². The summed E-state index contributed by atoms with van der Waals surface area (Å²) >= 11 is 0. The number of nitrogens with zero attached hydrogens (tertiary/aromatic N) is 4. The van der Waals surface area contributed by atoms with Gasteiger partial charge in [0, 0.05) is 13.6 Å². The lowest BCUT2D eigenvalue weighted by Gasteiger charge is -2.03. The van der Waals surface area contributed by atoms with Gasteiger partial charge >= 0.3 is 0 Å². The van der Waals surface area contributed by atoms with Gasteiger partial charge in [0.25, 0.3) is 0 Å². The van der Waals surface area contributed by atoms with Crippen molar-refractivity contribution < 1.29 is 0 Å². The van der Waals surface area contributed by atoms with Crippen LogP contribution in [0.2, 0.25) is 0 Å². The largest absolute Gasteiger partial charge is 0.357 e. The first-order valence-corrected chi connectivity index (χ1v) is 5.14. The quantitative estimate of drug-likeness (QED) is 0.826. The summed E-state index contributed by atoms with van der Waals surface area (Å²) in [6, 6.07) is 0. The van der Waals surface area contributed by atoms with Gasteiger partial charge in [-0.15, -0.1) is 0 Å². The molecule has 0 spiro atoms. The number of hydrogen-bond acceptors (Lipinski definition) is 4. The fourth-order valence-electron chi connectivity index (χ4n) is 1.64. The van der Waals surface area contributed by atoms with E-state index < -0.39 is 0 Å². The maximum Gasteiger partial charge on any atom is 0.224 e. The first-order valence-electron chi connectivity index (χ1n) is 5.14. The topological polar surface area (TPSA) is 55.6 Å². The zero-order valence-corrected chi connectivity index (χ0v) is 9.28. The van der Waals surface area contributed by atoms with E-state index in [0.717, 1.165) is 30.0 Å². The Morgan fingerprint density at radius 3 is 2.87 bits per heavy atom. The van der Waals surface area contributed by atoms with Crippen LogP contribution in [0.5, 0.6) is 0 Å². The number of imidazole rings is 1. The lowest BCUT2D eigenvalue weighted by Crippen LogP contribution is -2.02. The number of rotatable bonds is 3. The van der Waals surface area contributed by atoms with Gasteiger partial charge in [-0.3, -0.25) is 0 Å². The molecule has 5 nitrogen and oxygen atoms in total. The molecule has 80 valence electrons. The van der Waals surface area contributed by atoms with E-state index >= 15 is 0 Å². The number of anilines is 1. The molecule has 2 heterocycles. The summed E-state index contributed by atoms with van der Waals surface area (Å²) in [6.07, 6.45) is 2.83. The summed E-state index contributed by atoms with van der Waals surface area (Å²) < 4.78 is 2.12. The van der Waals surface area contributed by atoms with E-state index in [4.69, 9.17) is 0 Å². The second kappa shape index (κ2) is 3.84. The molecule has 2 rings (SSSR count). The predicted octanol–water partition coefficient (Wildman–Crippen LogP) is 1.59. The van der Waals surface area contributed by atoms with E-state index in [1.807, 2.05) is 14.0 Å². The molecule has 0 aliphatic carbocycles. The van der Waals surface area contributed by atoms with Crippen LogP contribution in [-0.4, -0.2) is 26.6 Å². The van der Waals surface area contributed by atoms with Crippen molar-refractivity contribution in [3.05, 3.63) is 12.0 Å². The Balaban J connectivity index is 2.61. The highest BCUT2D eigenvalue weighted by Crippen LogP contribution is 2.14. The van der Waals surface area contributed by atoms with Crippen LogP contribution < -0.4 is 5.32 Å². The lowest BCUT2D eigenvalue weighted by atomic mass is 10.4. The minimum atomic E-state index is 0.639. The maximum atomic E-state index is 4.42. The zero-order valence-electron chi connectivity index (χ0n) is 9.28. The maximum absolute atomic E-state index is 4.42. The van der Waals surface area contributed by atoms with Crippen molar-refractivity contribution in [2.24, 2.45) is 0 Å². The number of nitrogens with one attached hydrogen (secondary N) is 1. The summed E-state index contributed by atoms with van der Waals surface area (Å²) in [4.78, 5) is 13.0. The Labute approximate surface area is 88.6 Å². The fourth-order valence-corrected chi connectivity index (χ4v) is 1.64. The average molecular weight is 205 g/mol. The van der Waals surface area contributed by atoms with E-state index in [-0.39, 0.29) is 0 Å². The summed E-state index contributed by atoms with van der Waals surface area (Å²) in [5, 5.41) is 2.93. The van der Waals surface area contributed by atoms with Gasteiger partial charge in [-0.05, 0) is 13.3 Å². The van der Waals surface area contributed by atoms with Gasteiger partial charge < -0.3 is 9.88 Å². The monoisotopic (exact) mass is 205 g/mol. The van der Waals surface area contributed by atoms with E-state index in [1.165, 1.54) is 0 Å². The second-order valence-electron chi connectivity index (χ2n) is 3.46. The summed E-state index contributed by atoms with van der Waals surface area (Å²) in [5.41, 5.74) is 1.77. The van der Waals surface area contributed by atoms with E-state index in [9.17, 15) is 0 Å². The predicted molar refractivity (Wildman–Crippen MR) is 59.9 cm³/mol. The number of aryl methyl sites for hydroxylation is 2. The van der Waals surface area contributed by atoms with Crippen LogP contribution in [0.3, 0.4) is 0 Å². The molecule has 15 heavy (non-hydrogen) atoms. The number of hydrogen-bond donors (Lipinski definition) is 1. The molecule has 2 aromatic rings. The average Bonchev–Trinajstić information content (AvgIpc) is 2.55.